The number of aromatic nitrogens is 2. The van der Waals surface area contributed by atoms with Gasteiger partial charge in [-0.3, -0.25) is 4.68 Å². The molecule has 0 aliphatic rings. The lowest BCUT2D eigenvalue weighted by atomic mass is 10.0. The third-order valence-corrected chi connectivity index (χ3v) is 2.73. The fourth-order valence-electron chi connectivity index (χ4n) is 1.74. The average molecular weight is 268 g/mol. The number of rotatable bonds is 3. The summed E-state index contributed by atoms with van der Waals surface area (Å²) in [6, 6.07) is 6.01. The molecule has 0 amide bonds. The van der Waals surface area contributed by atoms with Crippen LogP contribution in [0.25, 0.3) is 11.1 Å². The van der Waals surface area contributed by atoms with Crippen LogP contribution in [-0.2, 0) is 7.05 Å². The van der Waals surface area contributed by atoms with Crippen LogP contribution < -0.4 is 10.5 Å². The molecule has 0 bridgehead atoms. The van der Waals surface area contributed by atoms with Crippen LogP contribution >= 0.6 is 12.4 Å². The highest BCUT2D eigenvalue weighted by molar-refractivity contribution is 5.85. The predicted octanol–water partition coefficient (Wildman–Crippen LogP) is 2.54. The first-order valence-electron chi connectivity index (χ1n) is 5.53. The van der Waals surface area contributed by atoms with Crippen LogP contribution in [0.15, 0.2) is 30.6 Å². The van der Waals surface area contributed by atoms with Gasteiger partial charge < -0.3 is 10.5 Å². The Hall–Kier alpha value is -1.52. The Morgan fingerprint density at radius 2 is 2.00 bits per heavy atom. The quantitative estimate of drug-likeness (QED) is 0.930. The highest BCUT2D eigenvalue weighted by atomic mass is 35.5. The van der Waals surface area contributed by atoms with E-state index in [0.29, 0.717) is 0 Å². The largest absolute Gasteiger partial charge is 0.497 e. The van der Waals surface area contributed by atoms with Gasteiger partial charge in [0, 0.05) is 24.8 Å². The summed E-state index contributed by atoms with van der Waals surface area (Å²) in [5, 5.41) is 4.17. The zero-order valence-electron chi connectivity index (χ0n) is 10.8. The minimum Gasteiger partial charge on any atom is -0.497 e. The van der Waals surface area contributed by atoms with Gasteiger partial charge in [-0.2, -0.15) is 5.10 Å². The van der Waals surface area contributed by atoms with Crippen molar-refractivity contribution in [3.05, 3.63) is 36.2 Å². The SMILES string of the molecule is COc1cc(-c2cnn(C)c2)cc(C(C)N)c1.Cl. The Morgan fingerprint density at radius 3 is 2.50 bits per heavy atom. The van der Waals surface area contributed by atoms with E-state index in [4.69, 9.17) is 10.5 Å². The molecule has 18 heavy (non-hydrogen) atoms. The van der Waals surface area contributed by atoms with Gasteiger partial charge in [-0.25, -0.2) is 0 Å². The van der Waals surface area contributed by atoms with Gasteiger partial charge in [0.15, 0.2) is 0 Å². The van der Waals surface area contributed by atoms with Crippen molar-refractivity contribution in [2.75, 3.05) is 7.11 Å². The van der Waals surface area contributed by atoms with Crippen LogP contribution in [0.5, 0.6) is 5.75 Å². The molecule has 0 fully saturated rings. The highest BCUT2D eigenvalue weighted by Gasteiger charge is 2.07. The molecular weight excluding hydrogens is 250 g/mol. The lowest BCUT2D eigenvalue weighted by Crippen LogP contribution is -2.05. The first kappa shape index (κ1) is 14.5. The normalized spacial score (nSPS) is 11.8. The van der Waals surface area contributed by atoms with Gasteiger partial charge in [-0.1, -0.05) is 0 Å². The summed E-state index contributed by atoms with van der Waals surface area (Å²) in [5.74, 6) is 0.818. The summed E-state index contributed by atoms with van der Waals surface area (Å²) >= 11 is 0. The first-order valence-corrected chi connectivity index (χ1v) is 5.53. The molecule has 1 atom stereocenters. The van der Waals surface area contributed by atoms with Crippen molar-refractivity contribution in [3.8, 4) is 16.9 Å². The predicted molar refractivity (Wildman–Crippen MR) is 75.0 cm³/mol. The van der Waals surface area contributed by atoms with Gasteiger partial charge in [0.05, 0.1) is 13.3 Å². The molecule has 98 valence electrons. The van der Waals surface area contributed by atoms with E-state index in [1.807, 2.05) is 38.5 Å². The van der Waals surface area contributed by atoms with E-state index < -0.39 is 0 Å². The summed E-state index contributed by atoms with van der Waals surface area (Å²) in [7, 11) is 3.56. The monoisotopic (exact) mass is 267 g/mol. The van der Waals surface area contributed by atoms with Crippen molar-refractivity contribution in [3.63, 3.8) is 0 Å². The number of halogens is 1. The van der Waals surface area contributed by atoms with Crippen LogP contribution in [-0.4, -0.2) is 16.9 Å². The molecule has 1 unspecified atom stereocenters. The Bertz CT molecular complexity index is 523. The maximum atomic E-state index is 5.91. The molecule has 2 N–H and O–H groups in total. The van der Waals surface area contributed by atoms with Crippen LogP contribution in [0.3, 0.4) is 0 Å². The molecule has 1 aromatic heterocycles. The first-order chi connectivity index (χ1) is 8.10. The van der Waals surface area contributed by atoms with E-state index in [0.717, 1.165) is 22.4 Å². The van der Waals surface area contributed by atoms with Gasteiger partial charge in [0.25, 0.3) is 0 Å². The van der Waals surface area contributed by atoms with Gasteiger partial charge >= 0.3 is 0 Å². The van der Waals surface area contributed by atoms with Crippen molar-refractivity contribution < 1.29 is 4.74 Å². The number of nitrogens with two attached hydrogens (primary N) is 1. The Labute approximate surface area is 113 Å². The zero-order chi connectivity index (χ0) is 12.4. The maximum Gasteiger partial charge on any atom is 0.119 e. The van der Waals surface area contributed by atoms with E-state index in [9.17, 15) is 0 Å². The number of hydrogen-bond donors (Lipinski definition) is 1. The Morgan fingerprint density at radius 1 is 1.28 bits per heavy atom. The summed E-state index contributed by atoms with van der Waals surface area (Å²) in [4.78, 5) is 0. The summed E-state index contributed by atoms with van der Waals surface area (Å²) < 4.78 is 7.07. The molecule has 0 radical (unpaired) electrons. The fourth-order valence-corrected chi connectivity index (χ4v) is 1.74. The van der Waals surface area contributed by atoms with Crippen molar-refractivity contribution in [2.45, 2.75) is 13.0 Å². The minimum atomic E-state index is -0.0134. The number of nitrogens with zero attached hydrogens (tertiary/aromatic N) is 2. The van der Waals surface area contributed by atoms with Crippen molar-refractivity contribution >= 4 is 12.4 Å². The van der Waals surface area contributed by atoms with Gasteiger partial charge in [0.1, 0.15) is 5.75 Å². The topological polar surface area (TPSA) is 53.1 Å². The smallest absolute Gasteiger partial charge is 0.119 e. The highest BCUT2D eigenvalue weighted by Crippen LogP contribution is 2.27. The second-order valence-electron chi connectivity index (χ2n) is 4.19. The zero-order valence-corrected chi connectivity index (χ0v) is 11.6. The third-order valence-electron chi connectivity index (χ3n) is 2.73. The van der Waals surface area contributed by atoms with Crippen molar-refractivity contribution in [1.29, 1.82) is 0 Å². The van der Waals surface area contributed by atoms with Crippen LogP contribution in [0, 0.1) is 0 Å². The molecule has 5 heteroatoms. The molecule has 4 nitrogen and oxygen atoms in total. The minimum absolute atomic E-state index is 0. The Kier molecular flexibility index (Phi) is 4.76. The van der Waals surface area contributed by atoms with Crippen LogP contribution in [0.4, 0.5) is 0 Å². The molecule has 2 rings (SSSR count). The molecule has 1 aromatic carbocycles. The second-order valence-corrected chi connectivity index (χ2v) is 4.19. The summed E-state index contributed by atoms with van der Waals surface area (Å²) in [5.41, 5.74) is 9.11. The van der Waals surface area contributed by atoms with Gasteiger partial charge in [-0.05, 0) is 36.2 Å². The third kappa shape index (κ3) is 3.03. The summed E-state index contributed by atoms with van der Waals surface area (Å²) in [6.07, 6.45) is 3.81. The number of hydrogen-bond acceptors (Lipinski definition) is 3. The number of aryl methyl sites for hydroxylation is 1. The van der Waals surface area contributed by atoms with E-state index in [2.05, 4.69) is 11.2 Å². The Balaban J connectivity index is 0.00000162. The molecule has 0 saturated heterocycles. The standard InChI is InChI=1S/C13H17N3O.ClH/c1-9(14)10-4-11(6-13(5-10)17-3)12-7-15-16(2)8-12;/h4-9H,14H2,1-3H3;1H. The summed E-state index contributed by atoms with van der Waals surface area (Å²) in [6.45, 7) is 1.96. The molecule has 1 heterocycles. The van der Waals surface area contributed by atoms with E-state index in [-0.39, 0.29) is 18.4 Å². The number of ether oxygens (including phenoxy) is 1. The van der Waals surface area contributed by atoms with E-state index in [1.54, 1.807) is 11.8 Å². The fraction of sp³-hybridized carbons (Fsp3) is 0.308. The van der Waals surface area contributed by atoms with Crippen molar-refractivity contribution in [2.24, 2.45) is 12.8 Å². The molecule has 0 saturated carbocycles. The van der Waals surface area contributed by atoms with E-state index >= 15 is 0 Å². The lowest BCUT2D eigenvalue weighted by Gasteiger charge is -2.10. The molecule has 0 spiro atoms. The molecular formula is C13H18ClN3O. The number of benzene rings is 1. The molecule has 2 aromatic rings. The van der Waals surface area contributed by atoms with Crippen molar-refractivity contribution in [1.82, 2.24) is 9.78 Å². The molecule has 0 aliphatic heterocycles. The molecule has 0 aliphatic carbocycles. The van der Waals surface area contributed by atoms with Gasteiger partial charge in [0.2, 0.25) is 0 Å². The second kappa shape index (κ2) is 5.89. The van der Waals surface area contributed by atoms with Gasteiger partial charge in [-0.15, -0.1) is 12.4 Å². The van der Waals surface area contributed by atoms with Crippen LogP contribution in [0.1, 0.15) is 18.5 Å². The average Bonchev–Trinajstić information content (AvgIpc) is 2.75. The van der Waals surface area contributed by atoms with Crippen LogP contribution in [0.2, 0.25) is 0 Å². The number of methoxy groups -OCH3 is 1. The maximum absolute atomic E-state index is 5.91. The lowest BCUT2D eigenvalue weighted by molar-refractivity contribution is 0.414. The van der Waals surface area contributed by atoms with E-state index in [1.165, 1.54) is 0 Å².